The second-order valence-electron chi connectivity index (χ2n) is 4.17. The number of ether oxygens (including phenoxy) is 1. The summed E-state index contributed by atoms with van der Waals surface area (Å²) in [7, 11) is -1.99. The molecule has 1 aromatic rings. The molecule has 0 aromatic carbocycles. The van der Waals surface area contributed by atoms with E-state index in [0.717, 1.165) is 0 Å². The van der Waals surface area contributed by atoms with Crippen LogP contribution in [0.4, 0.5) is 0 Å². The van der Waals surface area contributed by atoms with Gasteiger partial charge in [0.25, 0.3) is 10.0 Å². The maximum Gasteiger partial charge on any atom is 0.259 e. The van der Waals surface area contributed by atoms with Gasteiger partial charge in [-0.2, -0.15) is 0 Å². The molecule has 0 aliphatic heterocycles. The van der Waals surface area contributed by atoms with Gasteiger partial charge in [-0.1, -0.05) is 15.9 Å². The van der Waals surface area contributed by atoms with Crippen molar-refractivity contribution in [2.45, 2.75) is 37.9 Å². The summed E-state index contributed by atoms with van der Waals surface area (Å²) in [5.74, 6) is 0.690. The van der Waals surface area contributed by atoms with Gasteiger partial charge in [0.05, 0.1) is 0 Å². The highest BCUT2D eigenvalue weighted by molar-refractivity contribution is 9.09. The molecule has 8 heteroatoms. The molecule has 1 heterocycles. The maximum absolute atomic E-state index is 12.2. The third kappa shape index (κ3) is 4.55. The average molecular weight is 354 g/mol. The fourth-order valence-corrected chi connectivity index (χ4v) is 3.62. The first-order valence-corrected chi connectivity index (χ1v) is 8.66. The number of aromatic nitrogens is 2. The standard InChI is InChI=1S/C11H20BrN3O3S/c1-4-15-8-11(13-9(15)2)19(16,17)14-10(7-12)5-6-18-3/h8,10,14H,4-7H2,1-3H3. The molecule has 0 spiro atoms. The molecule has 0 radical (unpaired) electrons. The fourth-order valence-electron chi connectivity index (χ4n) is 1.64. The van der Waals surface area contributed by atoms with Crippen LogP contribution < -0.4 is 4.72 Å². The molecule has 0 aliphatic rings. The van der Waals surface area contributed by atoms with E-state index >= 15 is 0 Å². The zero-order chi connectivity index (χ0) is 14.5. The van der Waals surface area contributed by atoms with E-state index in [0.29, 0.717) is 30.7 Å². The van der Waals surface area contributed by atoms with Crippen molar-refractivity contribution in [3.05, 3.63) is 12.0 Å². The number of sulfonamides is 1. The monoisotopic (exact) mass is 353 g/mol. The average Bonchev–Trinajstić information content (AvgIpc) is 2.76. The molecule has 0 saturated heterocycles. The maximum atomic E-state index is 12.2. The molecular formula is C11H20BrN3O3S. The molecule has 6 nitrogen and oxygen atoms in total. The molecule has 1 N–H and O–H groups in total. The molecule has 110 valence electrons. The Bertz CT molecular complexity index is 501. The van der Waals surface area contributed by atoms with E-state index < -0.39 is 10.0 Å². The number of nitrogens with zero attached hydrogens (tertiary/aromatic N) is 2. The molecule has 19 heavy (non-hydrogen) atoms. The Morgan fingerprint density at radius 2 is 2.26 bits per heavy atom. The summed E-state index contributed by atoms with van der Waals surface area (Å²) in [4.78, 5) is 4.09. The third-order valence-corrected chi connectivity index (χ3v) is 4.92. The van der Waals surface area contributed by atoms with Gasteiger partial charge in [-0.15, -0.1) is 0 Å². The Kier molecular flexibility index (Phi) is 6.45. The van der Waals surface area contributed by atoms with E-state index in [2.05, 4.69) is 25.6 Å². The minimum Gasteiger partial charge on any atom is -0.385 e. The molecule has 0 aliphatic carbocycles. The molecule has 1 rings (SSSR count). The zero-order valence-corrected chi connectivity index (χ0v) is 13.8. The minimum absolute atomic E-state index is 0.0650. The predicted octanol–water partition coefficient (Wildman–Crippen LogP) is 1.29. The van der Waals surface area contributed by atoms with Crippen molar-refractivity contribution in [2.24, 2.45) is 0 Å². The van der Waals surface area contributed by atoms with Gasteiger partial charge >= 0.3 is 0 Å². The van der Waals surface area contributed by atoms with Crippen LogP contribution >= 0.6 is 15.9 Å². The number of aryl methyl sites for hydroxylation is 2. The summed E-state index contributed by atoms with van der Waals surface area (Å²) in [6, 6.07) is -0.211. The van der Waals surface area contributed by atoms with Crippen LogP contribution in [0.5, 0.6) is 0 Å². The summed E-state index contributed by atoms with van der Waals surface area (Å²) in [6.45, 7) is 4.93. The lowest BCUT2D eigenvalue weighted by Crippen LogP contribution is -2.37. The van der Waals surface area contributed by atoms with E-state index in [4.69, 9.17) is 4.74 Å². The van der Waals surface area contributed by atoms with Crippen LogP contribution in [0.25, 0.3) is 0 Å². The van der Waals surface area contributed by atoms with E-state index in [-0.39, 0.29) is 11.1 Å². The van der Waals surface area contributed by atoms with Crippen molar-refractivity contribution in [3.63, 3.8) is 0 Å². The van der Waals surface area contributed by atoms with E-state index in [1.807, 2.05) is 6.92 Å². The largest absolute Gasteiger partial charge is 0.385 e. The van der Waals surface area contributed by atoms with Crippen LogP contribution in [-0.4, -0.2) is 43.1 Å². The Labute approximate surface area is 122 Å². The topological polar surface area (TPSA) is 73.2 Å². The summed E-state index contributed by atoms with van der Waals surface area (Å²) < 4.78 is 33.8. The highest BCUT2D eigenvalue weighted by atomic mass is 79.9. The summed E-state index contributed by atoms with van der Waals surface area (Å²) >= 11 is 3.30. The Hall–Kier alpha value is -0.440. The number of nitrogens with one attached hydrogen (secondary N) is 1. The van der Waals surface area contributed by atoms with Crippen molar-refractivity contribution in [3.8, 4) is 0 Å². The van der Waals surface area contributed by atoms with Crippen molar-refractivity contribution in [2.75, 3.05) is 19.0 Å². The number of hydrogen-bond acceptors (Lipinski definition) is 4. The summed E-state index contributed by atoms with van der Waals surface area (Å²) in [6.07, 6.45) is 2.16. The Morgan fingerprint density at radius 1 is 1.58 bits per heavy atom. The van der Waals surface area contributed by atoms with Crippen molar-refractivity contribution < 1.29 is 13.2 Å². The van der Waals surface area contributed by atoms with Gasteiger partial charge in [0.15, 0.2) is 5.03 Å². The molecule has 1 unspecified atom stereocenters. The fraction of sp³-hybridized carbons (Fsp3) is 0.727. The third-order valence-electron chi connectivity index (χ3n) is 2.75. The summed E-state index contributed by atoms with van der Waals surface area (Å²) in [5.41, 5.74) is 0. The zero-order valence-electron chi connectivity index (χ0n) is 11.4. The van der Waals surface area contributed by atoms with Crippen molar-refractivity contribution in [1.29, 1.82) is 0 Å². The Balaban J connectivity index is 2.84. The second-order valence-corrected chi connectivity index (χ2v) is 6.47. The van der Waals surface area contributed by atoms with Crippen molar-refractivity contribution >= 4 is 26.0 Å². The Morgan fingerprint density at radius 3 is 2.74 bits per heavy atom. The normalized spacial score (nSPS) is 13.7. The number of halogens is 1. The smallest absolute Gasteiger partial charge is 0.259 e. The van der Waals surface area contributed by atoms with E-state index in [1.165, 1.54) is 0 Å². The molecule has 0 saturated carbocycles. The second kappa shape index (κ2) is 7.37. The lowest BCUT2D eigenvalue weighted by atomic mass is 10.3. The lowest BCUT2D eigenvalue weighted by molar-refractivity contribution is 0.188. The van der Waals surface area contributed by atoms with Gasteiger partial charge in [-0.3, -0.25) is 0 Å². The number of hydrogen-bond donors (Lipinski definition) is 1. The van der Waals surface area contributed by atoms with Crippen LogP contribution in [0.1, 0.15) is 19.2 Å². The molecule has 0 amide bonds. The molecule has 1 atom stereocenters. The molecule has 0 bridgehead atoms. The summed E-state index contributed by atoms with van der Waals surface area (Å²) in [5, 5.41) is 0.596. The lowest BCUT2D eigenvalue weighted by Gasteiger charge is -2.14. The van der Waals surface area contributed by atoms with Crippen LogP contribution in [-0.2, 0) is 21.3 Å². The first-order valence-electron chi connectivity index (χ1n) is 6.05. The van der Waals surface area contributed by atoms with Crippen molar-refractivity contribution in [1.82, 2.24) is 14.3 Å². The van der Waals surface area contributed by atoms with Crippen LogP contribution in [0.3, 0.4) is 0 Å². The van der Waals surface area contributed by atoms with Gasteiger partial charge in [0.2, 0.25) is 0 Å². The quantitative estimate of drug-likeness (QED) is 0.714. The molecule has 0 fully saturated rings. The first-order chi connectivity index (χ1) is 8.94. The van der Waals surface area contributed by atoms with Gasteiger partial charge in [-0.05, 0) is 20.3 Å². The highest BCUT2D eigenvalue weighted by Gasteiger charge is 2.22. The van der Waals surface area contributed by atoms with Crippen LogP contribution in [0.15, 0.2) is 11.2 Å². The number of rotatable bonds is 8. The van der Waals surface area contributed by atoms with Gasteiger partial charge in [-0.25, -0.2) is 18.1 Å². The SMILES string of the molecule is CCn1cc(S(=O)(=O)NC(CBr)CCOC)nc1C. The van der Waals surface area contributed by atoms with Gasteiger partial charge in [0.1, 0.15) is 5.82 Å². The first kappa shape index (κ1) is 16.6. The van der Waals surface area contributed by atoms with Gasteiger partial charge < -0.3 is 9.30 Å². The number of imidazole rings is 1. The molecular weight excluding hydrogens is 334 g/mol. The number of alkyl halides is 1. The van der Waals surface area contributed by atoms with E-state index in [1.54, 1.807) is 24.8 Å². The van der Waals surface area contributed by atoms with E-state index in [9.17, 15) is 8.42 Å². The number of methoxy groups -OCH3 is 1. The molecule has 1 aromatic heterocycles. The highest BCUT2D eigenvalue weighted by Crippen LogP contribution is 2.11. The van der Waals surface area contributed by atoms with Crippen LogP contribution in [0, 0.1) is 6.92 Å². The van der Waals surface area contributed by atoms with Gasteiger partial charge in [0, 0.05) is 37.8 Å². The predicted molar refractivity (Wildman–Crippen MR) is 77.0 cm³/mol. The van der Waals surface area contributed by atoms with Crippen LogP contribution in [0.2, 0.25) is 0 Å². The minimum atomic E-state index is -3.58.